The SMILES string of the molecule is CC1=[C]([Si](C)(C)C)[Sn+][C]([Si](C)(C)C)=C1C. The summed E-state index contributed by atoms with van der Waals surface area (Å²) in [6.45, 7) is 19.9. The first-order valence-corrected chi connectivity index (χ1v) is 15.6. The van der Waals surface area contributed by atoms with Gasteiger partial charge in [0.2, 0.25) is 0 Å². The summed E-state index contributed by atoms with van der Waals surface area (Å²) < 4.78 is 3.95. The van der Waals surface area contributed by atoms with Crippen LogP contribution in [0, 0.1) is 0 Å². The Morgan fingerprint density at radius 1 is 0.667 bits per heavy atom. The molecule has 15 heavy (non-hydrogen) atoms. The monoisotopic (exact) mass is 344 g/mol. The minimum absolute atomic E-state index is 0.354. The van der Waals surface area contributed by atoms with E-state index < -0.39 is 16.1 Å². The predicted octanol–water partition coefficient (Wildman–Crippen LogP) is 4.01. The van der Waals surface area contributed by atoms with Crippen LogP contribution in [-0.4, -0.2) is 37.3 Å². The molecule has 1 radical (unpaired) electrons. The molecule has 0 aliphatic carbocycles. The van der Waals surface area contributed by atoms with Crippen LogP contribution in [0.3, 0.4) is 0 Å². The summed E-state index contributed by atoms with van der Waals surface area (Å²) >= 11 is -0.354. The van der Waals surface area contributed by atoms with Crippen molar-refractivity contribution in [1.29, 1.82) is 0 Å². The van der Waals surface area contributed by atoms with Gasteiger partial charge in [0.15, 0.2) is 0 Å². The Hall–Kier alpha value is 0.712. The number of allylic oxidation sites excluding steroid dienone is 2. The molecule has 0 aromatic carbocycles. The van der Waals surface area contributed by atoms with E-state index in [2.05, 4.69) is 53.1 Å². The van der Waals surface area contributed by atoms with Gasteiger partial charge in [-0.1, -0.05) is 0 Å². The molecule has 83 valence electrons. The van der Waals surface area contributed by atoms with Gasteiger partial charge in [0.25, 0.3) is 0 Å². The van der Waals surface area contributed by atoms with E-state index in [1.54, 1.807) is 11.1 Å². The van der Waals surface area contributed by atoms with Gasteiger partial charge in [0.05, 0.1) is 0 Å². The van der Waals surface area contributed by atoms with Crippen molar-refractivity contribution in [2.24, 2.45) is 0 Å². The Kier molecular flexibility index (Phi) is 3.84. The summed E-state index contributed by atoms with van der Waals surface area (Å²) in [5, 5.41) is 0. The third kappa shape index (κ3) is 2.88. The van der Waals surface area contributed by atoms with E-state index >= 15 is 0 Å². The van der Waals surface area contributed by atoms with Gasteiger partial charge in [0, 0.05) is 0 Å². The zero-order valence-electron chi connectivity index (χ0n) is 11.5. The normalized spacial score (nSPS) is 18.7. The zero-order chi connectivity index (χ0) is 12.0. The molecule has 0 aromatic heterocycles. The molecule has 0 amide bonds. The first-order chi connectivity index (χ1) is 6.55. The van der Waals surface area contributed by atoms with Gasteiger partial charge in [-0.05, 0) is 0 Å². The Bertz CT molecular complexity index is 304. The second kappa shape index (κ2) is 4.18. The van der Waals surface area contributed by atoms with Crippen LogP contribution in [0.5, 0.6) is 0 Å². The summed E-state index contributed by atoms with van der Waals surface area (Å²) in [6, 6.07) is 0. The van der Waals surface area contributed by atoms with Gasteiger partial charge in [-0.2, -0.15) is 0 Å². The van der Waals surface area contributed by atoms with Crippen molar-refractivity contribution >= 4 is 37.3 Å². The van der Waals surface area contributed by atoms with E-state index in [1.165, 1.54) is 0 Å². The summed E-state index contributed by atoms with van der Waals surface area (Å²) in [5.41, 5.74) is 3.41. The first-order valence-electron chi connectivity index (χ1n) is 5.75. The van der Waals surface area contributed by atoms with Crippen LogP contribution >= 0.6 is 0 Å². The van der Waals surface area contributed by atoms with Crippen molar-refractivity contribution in [1.82, 2.24) is 0 Å². The molecule has 3 heteroatoms. The molecule has 1 rings (SSSR count). The van der Waals surface area contributed by atoms with Gasteiger partial charge >= 0.3 is 108 Å². The molecule has 1 aliphatic heterocycles. The maximum atomic E-state index is 2.52. The van der Waals surface area contributed by atoms with Gasteiger partial charge in [0.1, 0.15) is 0 Å². The number of rotatable bonds is 2. The van der Waals surface area contributed by atoms with Gasteiger partial charge in [-0.25, -0.2) is 0 Å². The van der Waals surface area contributed by atoms with Crippen LogP contribution in [0.15, 0.2) is 17.6 Å². The number of hydrogen-bond acceptors (Lipinski definition) is 0. The molecular formula is C12H24Si2Sn+. The van der Waals surface area contributed by atoms with Crippen LogP contribution in [0.25, 0.3) is 0 Å². The Balaban J connectivity index is 3.11. The molecule has 0 bridgehead atoms. The van der Waals surface area contributed by atoms with Gasteiger partial charge in [-0.3, -0.25) is 0 Å². The van der Waals surface area contributed by atoms with E-state index in [4.69, 9.17) is 0 Å². The molecule has 0 spiro atoms. The van der Waals surface area contributed by atoms with Crippen LogP contribution in [0.4, 0.5) is 0 Å². The van der Waals surface area contributed by atoms with E-state index in [-0.39, 0.29) is 21.1 Å². The molecule has 0 unspecified atom stereocenters. The topological polar surface area (TPSA) is 0 Å². The second-order valence-corrected chi connectivity index (χ2v) is 23.0. The third-order valence-electron chi connectivity index (χ3n) is 3.06. The fourth-order valence-electron chi connectivity index (χ4n) is 2.19. The molecule has 1 heterocycles. The number of hydrogen-bond donors (Lipinski definition) is 0. The fraction of sp³-hybridized carbons (Fsp3) is 0.667. The second-order valence-electron chi connectivity index (χ2n) is 6.62. The van der Waals surface area contributed by atoms with Crippen LogP contribution in [0.1, 0.15) is 13.8 Å². The first kappa shape index (κ1) is 13.8. The molecule has 0 saturated carbocycles. The molecular weight excluding hydrogens is 319 g/mol. The summed E-state index contributed by atoms with van der Waals surface area (Å²) in [7, 11) is -2.03. The van der Waals surface area contributed by atoms with E-state index in [0.29, 0.717) is 0 Å². The summed E-state index contributed by atoms with van der Waals surface area (Å²) in [4.78, 5) is 0. The summed E-state index contributed by atoms with van der Waals surface area (Å²) in [5.74, 6) is 0. The van der Waals surface area contributed by atoms with Gasteiger partial charge < -0.3 is 0 Å². The maximum absolute atomic E-state index is 2.52. The van der Waals surface area contributed by atoms with Crippen molar-refractivity contribution in [3.63, 3.8) is 0 Å². The summed E-state index contributed by atoms with van der Waals surface area (Å²) in [6.07, 6.45) is 0. The minimum atomic E-state index is -1.01. The van der Waals surface area contributed by atoms with Crippen molar-refractivity contribution in [3.8, 4) is 0 Å². The fourth-order valence-corrected chi connectivity index (χ4v) is 17.4. The Morgan fingerprint density at radius 2 is 0.933 bits per heavy atom. The standard InChI is InChI=1S/C12H24Si2.Sn/c1-11(9-13(3,4)5)12(2)10-14(6,7)8;/h1-8H3;/q;+1. The van der Waals surface area contributed by atoms with Crippen molar-refractivity contribution in [2.45, 2.75) is 53.1 Å². The molecule has 0 saturated heterocycles. The molecule has 0 N–H and O–H groups in total. The quantitative estimate of drug-likeness (QED) is 0.665. The van der Waals surface area contributed by atoms with Gasteiger partial charge in [-0.15, -0.1) is 0 Å². The van der Waals surface area contributed by atoms with Crippen molar-refractivity contribution < 1.29 is 0 Å². The zero-order valence-corrected chi connectivity index (χ0v) is 16.4. The molecule has 0 atom stereocenters. The third-order valence-corrected chi connectivity index (χ3v) is 24.9. The predicted molar refractivity (Wildman–Crippen MR) is 77.8 cm³/mol. The Morgan fingerprint density at radius 3 is 1.07 bits per heavy atom. The average Bonchev–Trinajstić information content (AvgIpc) is 2.26. The molecule has 0 nitrogen and oxygen atoms in total. The van der Waals surface area contributed by atoms with Crippen molar-refractivity contribution in [2.75, 3.05) is 0 Å². The Labute approximate surface area is 107 Å². The van der Waals surface area contributed by atoms with Crippen LogP contribution < -0.4 is 0 Å². The molecule has 0 fully saturated rings. The molecule has 0 aromatic rings. The van der Waals surface area contributed by atoms with E-state index in [1.807, 2.05) is 6.42 Å². The van der Waals surface area contributed by atoms with Crippen LogP contribution in [-0.2, 0) is 0 Å². The average molecular weight is 343 g/mol. The van der Waals surface area contributed by atoms with E-state index in [9.17, 15) is 0 Å². The van der Waals surface area contributed by atoms with E-state index in [0.717, 1.165) is 0 Å². The molecule has 1 aliphatic rings. The van der Waals surface area contributed by atoms with Crippen molar-refractivity contribution in [3.05, 3.63) is 17.6 Å². The van der Waals surface area contributed by atoms with Crippen LogP contribution in [0.2, 0.25) is 39.3 Å².